The molecule has 6 nitrogen and oxygen atoms in total. The first-order valence-corrected chi connectivity index (χ1v) is 5.59. The van der Waals surface area contributed by atoms with Crippen molar-refractivity contribution in [3.8, 4) is 11.6 Å². The fourth-order valence-corrected chi connectivity index (χ4v) is 1.46. The lowest BCUT2D eigenvalue weighted by Gasteiger charge is -2.09. The van der Waals surface area contributed by atoms with E-state index in [1.165, 1.54) is 13.3 Å². The number of anilines is 1. The molecule has 0 atom stereocenters. The third kappa shape index (κ3) is 2.98. The smallest absolute Gasteiger partial charge is 0.341 e. The lowest BCUT2D eigenvalue weighted by Crippen LogP contribution is -2.04. The van der Waals surface area contributed by atoms with Gasteiger partial charge in [0.2, 0.25) is 5.88 Å². The monoisotopic (exact) mass is 259 g/mol. The van der Waals surface area contributed by atoms with Crippen LogP contribution in [-0.4, -0.2) is 30.1 Å². The second kappa shape index (κ2) is 5.81. The molecule has 19 heavy (non-hydrogen) atoms. The Hall–Kier alpha value is -2.63. The number of para-hydroxylation sites is 1. The maximum atomic E-state index is 11.6. The molecule has 0 aliphatic carbocycles. The van der Waals surface area contributed by atoms with Crippen molar-refractivity contribution in [2.75, 3.05) is 19.5 Å². The number of nitrogens with zero attached hydrogens (tertiary/aromatic N) is 2. The Morgan fingerprint density at radius 3 is 2.79 bits per heavy atom. The van der Waals surface area contributed by atoms with Crippen LogP contribution >= 0.6 is 0 Å². The van der Waals surface area contributed by atoms with Gasteiger partial charge in [0, 0.05) is 7.05 Å². The third-order valence-electron chi connectivity index (χ3n) is 2.38. The molecule has 0 amide bonds. The highest BCUT2D eigenvalue weighted by atomic mass is 16.5. The lowest BCUT2D eigenvalue weighted by molar-refractivity contribution is 0.0598. The molecule has 1 heterocycles. The van der Waals surface area contributed by atoms with Gasteiger partial charge in [-0.25, -0.2) is 4.79 Å². The summed E-state index contributed by atoms with van der Waals surface area (Å²) in [6.07, 6.45) is 3.04. The second-order valence-electron chi connectivity index (χ2n) is 3.58. The van der Waals surface area contributed by atoms with Gasteiger partial charge in [0.15, 0.2) is 0 Å². The molecule has 0 aliphatic heterocycles. The van der Waals surface area contributed by atoms with Crippen molar-refractivity contribution < 1.29 is 14.3 Å². The van der Waals surface area contributed by atoms with Crippen LogP contribution in [-0.2, 0) is 4.74 Å². The van der Waals surface area contributed by atoms with Crippen LogP contribution in [0.2, 0.25) is 0 Å². The fraction of sp³-hybridized carbons (Fsp3) is 0.154. The van der Waals surface area contributed by atoms with Crippen LogP contribution in [0.1, 0.15) is 10.4 Å². The molecule has 0 radical (unpaired) electrons. The fourth-order valence-electron chi connectivity index (χ4n) is 1.46. The van der Waals surface area contributed by atoms with Gasteiger partial charge in [-0.05, 0) is 12.1 Å². The van der Waals surface area contributed by atoms with Gasteiger partial charge in [-0.15, -0.1) is 0 Å². The highest BCUT2D eigenvalue weighted by Crippen LogP contribution is 2.24. The van der Waals surface area contributed by atoms with E-state index in [1.807, 2.05) is 0 Å². The van der Waals surface area contributed by atoms with Crippen LogP contribution in [0.3, 0.4) is 0 Å². The van der Waals surface area contributed by atoms with Gasteiger partial charge in [-0.3, -0.25) is 4.98 Å². The van der Waals surface area contributed by atoms with E-state index in [1.54, 1.807) is 37.5 Å². The molecule has 2 rings (SSSR count). The molecule has 6 heteroatoms. The largest absolute Gasteiger partial charge is 0.465 e. The van der Waals surface area contributed by atoms with E-state index in [2.05, 4.69) is 15.3 Å². The average molecular weight is 259 g/mol. The molecule has 0 bridgehead atoms. The van der Waals surface area contributed by atoms with E-state index in [-0.39, 0.29) is 0 Å². The normalized spacial score (nSPS) is 9.79. The van der Waals surface area contributed by atoms with E-state index >= 15 is 0 Å². The first kappa shape index (κ1) is 12.8. The quantitative estimate of drug-likeness (QED) is 0.847. The van der Waals surface area contributed by atoms with Crippen molar-refractivity contribution in [3.63, 3.8) is 0 Å². The van der Waals surface area contributed by atoms with E-state index in [4.69, 9.17) is 9.47 Å². The number of nitrogens with one attached hydrogen (secondary N) is 1. The molecule has 0 unspecified atom stereocenters. The van der Waals surface area contributed by atoms with Gasteiger partial charge in [0.25, 0.3) is 0 Å². The van der Waals surface area contributed by atoms with E-state index in [0.29, 0.717) is 23.0 Å². The Bertz CT molecular complexity index is 587. The van der Waals surface area contributed by atoms with Gasteiger partial charge in [-0.2, -0.15) is 4.98 Å². The maximum absolute atomic E-state index is 11.6. The Morgan fingerprint density at radius 1 is 1.26 bits per heavy atom. The summed E-state index contributed by atoms with van der Waals surface area (Å²) in [5, 5.41) is 2.86. The van der Waals surface area contributed by atoms with Crippen molar-refractivity contribution in [2.24, 2.45) is 0 Å². The number of methoxy groups -OCH3 is 1. The summed E-state index contributed by atoms with van der Waals surface area (Å²) in [5.74, 6) is 0.779. The molecule has 0 saturated heterocycles. The number of aromatic nitrogens is 2. The second-order valence-corrected chi connectivity index (χ2v) is 3.58. The van der Waals surface area contributed by atoms with Crippen LogP contribution < -0.4 is 10.1 Å². The highest BCUT2D eigenvalue weighted by Gasteiger charge is 2.13. The van der Waals surface area contributed by atoms with Crippen molar-refractivity contribution in [1.29, 1.82) is 0 Å². The van der Waals surface area contributed by atoms with E-state index in [9.17, 15) is 4.79 Å². The Labute approximate surface area is 110 Å². The summed E-state index contributed by atoms with van der Waals surface area (Å²) in [4.78, 5) is 19.7. The van der Waals surface area contributed by atoms with Crippen LogP contribution in [0.25, 0.3) is 0 Å². The van der Waals surface area contributed by atoms with Gasteiger partial charge in [0.1, 0.15) is 17.1 Å². The number of carbonyl (C=O) groups excluding carboxylic acids is 1. The van der Waals surface area contributed by atoms with Crippen LogP contribution in [0, 0.1) is 0 Å². The summed E-state index contributed by atoms with van der Waals surface area (Å²) in [6.45, 7) is 0. The molecule has 0 fully saturated rings. The Balaban J connectivity index is 2.30. The highest BCUT2D eigenvalue weighted by molar-refractivity contribution is 5.92. The number of ether oxygens (including phenoxy) is 2. The molecule has 0 spiro atoms. The summed E-state index contributed by atoms with van der Waals surface area (Å²) < 4.78 is 10.3. The maximum Gasteiger partial charge on any atom is 0.341 e. The molecule has 2 aromatic rings. The van der Waals surface area contributed by atoms with Crippen LogP contribution in [0.15, 0.2) is 36.7 Å². The number of rotatable bonds is 4. The number of esters is 1. The summed E-state index contributed by atoms with van der Waals surface area (Å²) in [6, 6.07) is 6.78. The predicted octanol–water partition coefficient (Wildman–Crippen LogP) is 2.10. The zero-order valence-electron chi connectivity index (χ0n) is 10.6. The van der Waals surface area contributed by atoms with Crippen molar-refractivity contribution >= 4 is 11.8 Å². The van der Waals surface area contributed by atoms with Gasteiger partial charge in [0.05, 0.1) is 19.5 Å². The third-order valence-corrected chi connectivity index (χ3v) is 2.38. The minimum Gasteiger partial charge on any atom is -0.465 e. The van der Waals surface area contributed by atoms with Crippen molar-refractivity contribution in [3.05, 3.63) is 42.2 Å². The Kier molecular flexibility index (Phi) is 3.92. The molecule has 1 aromatic heterocycles. The summed E-state index contributed by atoms with van der Waals surface area (Å²) in [5.41, 5.74) is 0.335. The SMILES string of the molecule is CNc1cncc(Oc2ccccc2C(=O)OC)n1. The molecule has 0 saturated carbocycles. The first-order chi connectivity index (χ1) is 9.24. The summed E-state index contributed by atoms with van der Waals surface area (Å²) in [7, 11) is 3.05. The van der Waals surface area contributed by atoms with Gasteiger partial charge in [-0.1, -0.05) is 12.1 Å². The molecular formula is C13H13N3O3. The van der Waals surface area contributed by atoms with Crippen LogP contribution in [0.4, 0.5) is 5.82 Å². The summed E-state index contributed by atoms with van der Waals surface area (Å²) >= 11 is 0. The number of benzene rings is 1. The number of carbonyl (C=O) groups is 1. The van der Waals surface area contributed by atoms with Gasteiger partial charge >= 0.3 is 5.97 Å². The first-order valence-electron chi connectivity index (χ1n) is 5.59. The minimum atomic E-state index is -0.465. The van der Waals surface area contributed by atoms with Crippen LogP contribution in [0.5, 0.6) is 11.6 Å². The molecule has 98 valence electrons. The zero-order chi connectivity index (χ0) is 13.7. The van der Waals surface area contributed by atoms with E-state index in [0.717, 1.165) is 0 Å². The molecule has 1 aromatic carbocycles. The molecule has 0 aliphatic rings. The topological polar surface area (TPSA) is 73.3 Å². The lowest BCUT2D eigenvalue weighted by atomic mass is 10.2. The zero-order valence-corrected chi connectivity index (χ0v) is 10.6. The van der Waals surface area contributed by atoms with Crippen molar-refractivity contribution in [1.82, 2.24) is 9.97 Å². The molecule has 1 N–H and O–H groups in total. The van der Waals surface area contributed by atoms with Crippen molar-refractivity contribution in [2.45, 2.75) is 0 Å². The average Bonchev–Trinajstić information content (AvgIpc) is 2.47. The van der Waals surface area contributed by atoms with E-state index < -0.39 is 5.97 Å². The Morgan fingerprint density at radius 2 is 2.05 bits per heavy atom. The minimum absolute atomic E-state index is 0.295. The standard InChI is InChI=1S/C13H13N3O3/c1-14-11-7-15-8-12(16-11)19-10-6-4-3-5-9(10)13(17)18-2/h3-8H,1-2H3,(H,14,16). The number of hydrogen-bond acceptors (Lipinski definition) is 6. The number of hydrogen-bond donors (Lipinski definition) is 1. The molecular weight excluding hydrogens is 246 g/mol. The van der Waals surface area contributed by atoms with Gasteiger partial charge < -0.3 is 14.8 Å². The predicted molar refractivity (Wildman–Crippen MR) is 69.4 cm³/mol.